The number of hydrogen-bond acceptors (Lipinski definition) is 3. The second-order valence-electron chi connectivity index (χ2n) is 4.56. The summed E-state index contributed by atoms with van der Waals surface area (Å²) in [5, 5.41) is 10.6. The van der Waals surface area contributed by atoms with Crippen LogP contribution in [-0.2, 0) is 6.54 Å². The third-order valence-corrected chi connectivity index (χ3v) is 6.50. The number of thioether (sulfide) groups is 1. The Labute approximate surface area is 127 Å². The van der Waals surface area contributed by atoms with Crippen molar-refractivity contribution in [1.29, 1.82) is 0 Å². The summed E-state index contributed by atoms with van der Waals surface area (Å²) in [7, 11) is 0. The molecule has 94 valence electrons. The first-order valence-corrected chi connectivity index (χ1v) is 8.29. The van der Waals surface area contributed by atoms with E-state index < -0.39 is 0 Å². The third-order valence-electron chi connectivity index (χ3n) is 2.94. The van der Waals surface area contributed by atoms with E-state index in [0.29, 0.717) is 0 Å². The number of hydrogen-bond donors (Lipinski definition) is 0. The van der Waals surface area contributed by atoms with E-state index in [9.17, 15) is 0 Å². The van der Waals surface area contributed by atoms with Crippen LogP contribution in [0.4, 0.5) is 0 Å². The zero-order valence-electron chi connectivity index (χ0n) is 9.73. The Hall–Kier alpha value is -0.330. The molecule has 0 N–H and O–H groups in total. The van der Waals surface area contributed by atoms with Gasteiger partial charge in [-0.2, -0.15) is 0 Å². The molecule has 0 fully saturated rings. The molecule has 0 bridgehead atoms. The van der Waals surface area contributed by atoms with E-state index in [-0.39, 0.29) is 4.75 Å². The van der Waals surface area contributed by atoms with Gasteiger partial charge >= 0.3 is 0 Å². The van der Waals surface area contributed by atoms with Crippen LogP contribution in [0, 0.1) is 0 Å². The molecule has 1 aromatic heterocycles. The van der Waals surface area contributed by atoms with Gasteiger partial charge in [0.2, 0.25) is 0 Å². The summed E-state index contributed by atoms with van der Waals surface area (Å²) < 4.78 is 3.42. The van der Waals surface area contributed by atoms with Crippen LogP contribution < -0.4 is 0 Å². The van der Waals surface area contributed by atoms with Gasteiger partial charge in [0.25, 0.3) is 0 Å². The molecule has 0 radical (unpaired) electrons. The maximum Gasteiger partial charge on any atom is 0.192 e. The minimum Gasteiger partial charge on any atom is -0.301 e. The molecule has 0 spiro atoms. The number of fused-ring (bicyclic) bond motifs is 1. The molecule has 0 saturated heterocycles. The highest BCUT2D eigenvalue weighted by Gasteiger charge is 2.36. The van der Waals surface area contributed by atoms with Crippen LogP contribution in [0.5, 0.6) is 0 Å². The zero-order valence-corrected chi connectivity index (χ0v) is 13.7. The minimum absolute atomic E-state index is 0.168. The first kappa shape index (κ1) is 12.7. The Morgan fingerprint density at radius 2 is 2.17 bits per heavy atom. The number of aromatic nitrogens is 3. The zero-order chi connectivity index (χ0) is 12.8. The Balaban J connectivity index is 2.06. The Bertz CT molecular complexity index is 599. The Morgan fingerprint density at radius 1 is 1.39 bits per heavy atom. The summed E-state index contributed by atoms with van der Waals surface area (Å²) in [6.45, 7) is 3.17. The molecule has 1 unspecified atom stereocenters. The second kappa shape index (κ2) is 4.65. The average molecular weight is 389 g/mol. The van der Waals surface area contributed by atoms with Crippen molar-refractivity contribution >= 4 is 43.6 Å². The van der Waals surface area contributed by atoms with Gasteiger partial charge in [0.1, 0.15) is 0 Å². The van der Waals surface area contributed by atoms with Crippen LogP contribution >= 0.6 is 43.6 Å². The molecule has 2 heterocycles. The van der Waals surface area contributed by atoms with Crippen molar-refractivity contribution in [1.82, 2.24) is 14.8 Å². The van der Waals surface area contributed by atoms with Gasteiger partial charge in [0.05, 0.1) is 0 Å². The standard InChI is InChI=1S/C12H11Br2N3S/c1-12(6-13)7-17-10(15-16-11(17)18-12)8-4-2-3-5-9(8)14/h2-5H,6-7H2,1H3. The predicted octanol–water partition coefficient (Wildman–Crippen LogP) is 3.97. The number of halogens is 2. The van der Waals surface area contributed by atoms with Crippen molar-refractivity contribution in [3.8, 4) is 11.4 Å². The van der Waals surface area contributed by atoms with Crippen molar-refractivity contribution in [2.75, 3.05) is 5.33 Å². The summed E-state index contributed by atoms with van der Waals surface area (Å²) in [6, 6.07) is 8.12. The molecule has 6 heteroatoms. The molecule has 1 atom stereocenters. The molecule has 18 heavy (non-hydrogen) atoms. The van der Waals surface area contributed by atoms with E-state index in [1.165, 1.54) is 0 Å². The van der Waals surface area contributed by atoms with E-state index in [4.69, 9.17) is 0 Å². The lowest BCUT2D eigenvalue weighted by Crippen LogP contribution is -2.23. The van der Waals surface area contributed by atoms with Gasteiger partial charge in [-0.1, -0.05) is 61.8 Å². The van der Waals surface area contributed by atoms with Gasteiger partial charge in [-0.05, 0) is 13.0 Å². The summed E-state index contributed by atoms with van der Waals surface area (Å²) in [4.78, 5) is 0. The number of alkyl halides is 1. The molecule has 1 aliphatic heterocycles. The van der Waals surface area contributed by atoms with Gasteiger partial charge in [-0.3, -0.25) is 0 Å². The lowest BCUT2D eigenvalue weighted by atomic mass is 10.2. The molecule has 0 amide bonds. The first-order chi connectivity index (χ1) is 8.63. The number of nitrogens with zero attached hydrogens (tertiary/aromatic N) is 3. The Morgan fingerprint density at radius 3 is 2.89 bits per heavy atom. The van der Waals surface area contributed by atoms with Gasteiger partial charge < -0.3 is 4.57 Å². The van der Waals surface area contributed by atoms with Gasteiger partial charge in [0, 0.05) is 26.7 Å². The van der Waals surface area contributed by atoms with Crippen LogP contribution in [0.15, 0.2) is 33.9 Å². The molecule has 1 aromatic carbocycles. The first-order valence-electron chi connectivity index (χ1n) is 5.56. The van der Waals surface area contributed by atoms with E-state index in [0.717, 1.165) is 32.9 Å². The van der Waals surface area contributed by atoms with E-state index in [1.807, 2.05) is 18.2 Å². The van der Waals surface area contributed by atoms with Crippen LogP contribution in [0.25, 0.3) is 11.4 Å². The smallest absolute Gasteiger partial charge is 0.192 e. The maximum atomic E-state index is 4.32. The van der Waals surface area contributed by atoms with Gasteiger partial charge in [-0.15, -0.1) is 10.2 Å². The fraction of sp³-hybridized carbons (Fsp3) is 0.333. The van der Waals surface area contributed by atoms with Crippen molar-refractivity contribution in [2.24, 2.45) is 0 Å². The van der Waals surface area contributed by atoms with Crippen LogP contribution in [0.2, 0.25) is 0 Å². The maximum absolute atomic E-state index is 4.32. The van der Waals surface area contributed by atoms with Crippen molar-refractivity contribution in [3.05, 3.63) is 28.7 Å². The number of benzene rings is 1. The molecular formula is C12H11Br2N3S. The van der Waals surface area contributed by atoms with Crippen molar-refractivity contribution in [2.45, 2.75) is 23.4 Å². The topological polar surface area (TPSA) is 30.7 Å². The molecule has 2 aromatic rings. The highest BCUT2D eigenvalue weighted by molar-refractivity contribution is 9.10. The molecule has 0 saturated carbocycles. The minimum atomic E-state index is 0.168. The highest BCUT2D eigenvalue weighted by atomic mass is 79.9. The average Bonchev–Trinajstić information content (AvgIpc) is 2.87. The highest BCUT2D eigenvalue weighted by Crippen LogP contribution is 2.43. The van der Waals surface area contributed by atoms with E-state index in [2.05, 4.69) is 59.6 Å². The largest absolute Gasteiger partial charge is 0.301 e. The van der Waals surface area contributed by atoms with Gasteiger partial charge in [0.15, 0.2) is 11.0 Å². The van der Waals surface area contributed by atoms with Crippen molar-refractivity contribution in [3.63, 3.8) is 0 Å². The Kier molecular flexibility index (Phi) is 3.28. The quantitative estimate of drug-likeness (QED) is 0.729. The van der Waals surface area contributed by atoms with Crippen LogP contribution in [-0.4, -0.2) is 24.8 Å². The lowest BCUT2D eigenvalue weighted by molar-refractivity contribution is 0.582. The molecule has 1 aliphatic rings. The van der Waals surface area contributed by atoms with E-state index >= 15 is 0 Å². The third kappa shape index (κ3) is 2.04. The van der Waals surface area contributed by atoms with Crippen molar-refractivity contribution < 1.29 is 0 Å². The molecule has 3 nitrogen and oxygen atoms in total. The van der Waals surface area contributed by atoms with E-state index in [1.54, 1.807) is 11.8 Å². The fourth-order valence-corrected chi connectivity index (χ4v) is 4.02. The van der Waals surface area contributed by atoms with Crippen LogP contribution in [0.1, 0.15) is 6.92 Å². The summed E-state index contributed by atoms with van der Waals surface area (Å²) in [5.41, 5.74) is 1.09. The normalized spacial score (nSPS) is 22.2. The second-order valence-corrected chi connectivity index (χ2v) is 7.53. The summed E-state index contributed by atoms with van der Waals surface area (Å²) in [5.74, 6) is 0.939. The van der Waals surface area contributed by atoms with Crippen LogP contribution in [0.3, 0.4) is 0 Å². The summed E-state index contributed by atoms with van der Waals surface area (Å²) in [6.07, 6.45) is 0. The monoisotopic (exact) mass is 387 g/mol. The van der Waals surface area contributed by atoms with Gasteiger partial charge in [-0.25, -0.2) is 0 Å². The molecule has 0 aliphatic carbocycles. The fourth-order valence-electron chi connectivity index (χ4n) is 2.01. The SMILES string of the molecule is CC1(CBr)Cn2c(nnc2-c2ccccc2Br)S1. The molecule has 3 rings (SSSR count). The predicted molar refractivity (Wildman–Crippen MR) is 81.2 cm³/mol. The number of rotatable bonds is 2. The molecular weight excluding hydrogens is 378 g/mol. The summed E-state index contributed by atoms with van der Waals surface area (Å²) >= 11 is 8.94. The lowest BCUT2D eigenvalue weighted by Gasteiger charge is -2.18.